The van der Waals surface area contributed by atoms with Crippen molar-refractivity contribution in [3.63, 3.8) is 0 Å². The van der Waals surface area contributed by atoms with Crippen molar-refractivity contribution in [3.8, 4) is 0 Å². The van der Waals surface area contributed by atoms with Gasteiger partial charge in [0.25, 0.3) is 0 Å². The Kier molecular flexibility index (Phi) is 4.35. The topological polar surface area (TPSA) is 12.0 Å². The third-order valence-corrected chi connectivity index (χ3v) is 3.89. The summed E-state index contributed by atoms with van der Waals surface area (Å²) in [5.74, 6) is -0.184. The van der Waals surface area contributed by atoms with Crippen LogP contribution in [0.2, 0.25) is 0 Å². The van der Waals surface area contributed by atoms with Gasteiger partial charge in [-0.2, -0.15) is 0 Å². The van der Waals surface area contributed by atoms with Crippen LogP contribution < -0.4 is 5.32 Å². The second-order valence-electron chi connectivity index (χ2n) is 4.31. The fraction of sp³-hybridized carbons (Fsp3) is 0.200. The Morgan fingerprint density at radius 2 is 1.89 bits per heavy atom. The molecule has 0 saturated heterocycles. The Labute approximate surface area is 121 Å². The van der Waals surface area contributed by atoms with Crippen LogP contribution >= 0.6 is 22.6 Å². The molecule has 0 fully saturated rings. The van der Waals surface area contributed by atoms with E-state index in [9.17, 15) is 4.39 Å². The third-order valence-electron chi connectivity index (χ3n) is 2.90. The Balaban J connectivity index is 2.48. The molecule has 1 nitrogen and oxygen atoms in total. The molecule has 18 heavy (non-hydrogen) atoms. The standard InChI is InChI=1S/C15H15FIN/c1-10-7-11(9-12(16)8-10)15(18-2)13-5-3-4-6-14(13)17/h3-9,15,18H,1-2H3. The van der Waals surface area contributed by atoms with Crippen LogP contribution in [0.5, 0.6) is 0 Å². The maximum Gasteiger partial charge on any atom is 0.123 e. The zero-order valence-corrected chi connectivity index (χ0v) is 12.5. The average Bonchev–Trinajstić information content (AvgIpc) is 2.31. The van der Waals surface area contributed by atoms with Crippen LogP contribution in [0.25, 0.3) is 0 Å². The summed E-state index contributed by atoms with van der Waals surface area (Å²) in [5, 5.41) is 3.26. The first-order valence-electron chi connectivity index (χ1n) is 5.80. The first-order chi connectivity index (χ1) is 8.61. The molecular formula is C15H15FIN. The zero-order valence-electron chi connectivity index (χ0n) is 10.4. The van der Waals surface area contributed by atoms with Crippen LogP contribution in [-0.4, -0.2) is 7.05 Å². The molecular weight excluding hydrogens is 340 g/mol. The number of aryl methyl sites for hydroxylation is 1. The lowest BCUT2D eigenvalue weighted by atomic mass is 9.97. The molecule has 0 bridgehead atoms. The molecule has 0 aliphatic carbocycles. The lowest BCUT2D eigenvalue weighted by molar-refractivity contribution is 0.615. The van der Waals surface area contributed by atoms with Crippen LogP contribution in [0.4, 0.5) is 4.39 Å². The van der Waals surface area contributed by atoms with Crippen molar-refractivity contribution in [2.75, 3.05) is 7.05 Å². The Morgan fingerprint density at radius 3 is 2.50 bits per heavy atom. The van der Waals surface area contributed by atoms with E-state index >= 15 is 0 Å². The summed E-state index contributed by atoms with van der Waals surface area (Å²) in [6.07, 6.45) is 0. The molecule has 1 atom stereocenters. The number of hydrogen-bond donors (Lipinski definition) is 1. The van der Waals surface area contributed by atoms with E-state index < -0.39 is 0 Å². The van der Waals surface area contributed by atoms with E-state index in [1.807, 2.05) is 32.2 Å². The second-order valence-corrected chi connectivity index (χ2v) is 5.47. The van der Waals surface area contributed by atoms with Crippen molar-refractivity contribution in [2.24, 2.45) is 0 Å². The van der Waals surface area contributed by atoms with Crippen molar-refractivity contribution in [3.05, 3.63) is 68.5 Å². The molecule has 2 aromatic carbocycles. The van der Waals surface area contributed by atoms with Gasteiger partial charge < -0.3 is 5.32 Å². The fourth-order valence-corrected chi connectivity index (χ4v) is 2.84. The summed E-state index contributed by atoms with van der Waals surface area (Å²) in [5.41, 5.74) is 3.07. The van der Waals surface area contributed by atoms with Crippen LogP contribution in [0.3, 0.4) is 0 Å². The smallest absolute Gasteiger partial charge is 0.123 e. The fourth-order valence-electron chi connectivity index (χ4n) is 2.14. The molecule has 3 heteroatoms. The highest BCUT2D eigenvalue weighted by Gasteiger charge is 2.15. The quantitative estimate of drug-likeness (QED) is 0.820. The van der Waals surface area contributed by atoms with Crippen molar-refractivity contribution < 1.29 is 4.39 Å². The van der Waals surface area contributed by atoms with Gasteiger partial charge in [-0.1, -0.05) is 24.3 Å². The van der Waals surface area contributed by atoms with E-state index in [0.29, 0.717) is 0 Å². The molecule has 0 radical (unpaired) electrons. The first-order valence-corrected chi connectivity index (χ1v) is 6.88. The summed E-state index contributed by atoms with van der Waals surface area (Å²) < 4.78 is 14.7. The molecule has 1 unspecified atom stereocenters. The molecule has 0 saturated carbocycles. The van der Waals surface area contributed by atoms with Crippen LogP contribution in [0, 0.1) is 16.3 Å². The molecule has 0 aliphatic heterocycles. The average molecular weight is 355 g/mol. The molecule has 2 aromatic rings. The monoisotopic (exact) mass is 355 g/mol. The van der Waals surface area contributed by atoms with Crippen LogP contribution in [0.15, 0.2) is 42.5 Å². The molecule has 1 N–H and O–H groups in total. The van der Waals surface area contributed by atoms with Gasteiger partial charge in [-0.15, -0.1) is 0 Å². The van der Waals surface area contributed by atoms with E-state index in [-0.39, 0.29) is 11.9 Å². The zero-order chi connectivity index (χ0) is 13.1. The van der Waals surface area contributed by atoms with Crippen LogP contribution in [-0.2, 0) is 0 Å². The van der Waals surface area contributed by atoms with Gasteiger partial charge in [0.1, 0.15) is 5.82 Å². The van der Waals surface area contributed by atoms with Gasteiger partial charge in [-0.3, -0.25) is 0 Å². The molecule has 2 rings (SSSR count). The second kappa shape index (κ2) is 5.80. The molecule has 0 heterocycles. The number of halogens is 2. The van der Waals surface area contributed by atoms with E-state index in [2.05, 4.69) is 40.0 Å². The summed E-state index contributed by atoms with van der Waals surface area (Å²) in [4.78, 5) is 0. The van der Waals surface area contributed by atoms with E-state index in [1.165, 1.54) is 9.13 Å². The normalized spacial score (nSPS) is 12.4. The van der Waals surface area contributed by atoms with Gasteiger partial charge in [-0.25, -0.2) is 4.39 Å². The van der Waals surface area contributed by atoms with Crippen molar-refractivity contribution in [1.82, 2.24) is 5.32 Å². The lowest BCUT2D eigenvalue weighted by Gasteiger charge is -2.19. The number of benzene rings is 2. The number of hydrogen-bond acceptors (Lipinski definition) is 1. The minimum Gasteiger partial charge on any atom is -0.309 e. The van der Waals surface area contributed by atoms with Crippen molar-refractivity contribution >= 4 is 22.6 Å². The molecule has 0 spiro atoms. The van der Waals surface area contributed by atoms with Crippen molar-refractivity contribution in [2.45, 2.75) is 13.0 Å². The SMILES string of the molecule is CNC(c1cc(C)cc(F)c1)c1ccccc1I. The maximum atomic E-state index is 13.5. The van der Waals surface area contributed by atoms with E-state index in [4.69, 9.17) is 0 Å². The predicted octanol–water partition coefficient (Wildman–Crippen LogP) is 4.05. The highest BCUT2D eigenvalue weighted by atomic mass is 127. The van der Waals surface area contributed by atoms with Gasteiger partial charge in [0.05, 0.1) is 6.04 Å². The first kappa shape index (κ1) is 13.5. The Bertz CT molecular complexity index is 534. The predicted molar refractivity (Wildman–Crippen MR) is 81.2 cm³/mol. The highest BCUT2D eigenvalue weighted by molar-refractivity contribution is 14.1. The summed E-state index contributed by atoms with van der Waals surface area (Å²) in [6, 6.07) is 13.3. The number of nitrogens with one attached hydrogen (secondary N) is 1. The van der Waals surface area contributed by atoms with Gasteiger partial charge in [-0.05, 0) is 71.5 Å². The molecule has 0 aromatic heterocycles. The molecule has 0 amide bonds. The third kappa shape index (κ3) is 2.90. The summed E-state index contributed by atoms with van der Waals surface area (Å²) >= 11 is 2.31. The van der Waals surface area contributed by atoms with Crippen molar-refractivity contribution in [1.29, 1.82) is 0 Å². The maximum absolute atomic E-state index is 13.5. The summed E-state index contributed by atoms with van der Waals surface area (Å²) in [6.45, 7) is 1.91. The highest BCUT2D eigenvalue weighted by Crippen LogP contribution is 2.27. The minimum absolute atomic E-state index is 0.0208. The van der Waals surface area contributed by atoms with Gasteiger partial charge in [0, 0.05) is 3.57 Å². The lowest BCUT2D eigenvalue weighted by Crippen LogP contribution is -2.19. The van der Waals surface area contributed by atoms with Crippen LogP contribution in [0.1, 0.15) is 22.7 Å². The largest absolute Gasteiger partial charge is 0.309 e. The Hall–Kier alpha value is -0.940. The molecule has 0 aliphatic rings. The van der Waals surface area contributed by atoms with Gasteiger partial charge >= 0.3 is 0 Å². The Morgan fingerprint density at radius 1 is 1.17 bits per heavy atom. The molecule has 94 valence electrons. The minimum atomic E-state index is -0.184. The number of rotatable bonds is 3. The van der Waals surface area contributed by atoms with E-state index in [1.54, 1.807) is 12.1 Å². The summed E-state index contributed by atoms with van der Waals surface area (Å²) in [7, 11) is 1.90. The van der Waals surface area contributed by atoms with Gasteiger partial charge in [0.15, 0.2) is 0 Å². The van der Waals surface area contributed by atoms with E-state index in [0.717, 1.165) is 11.1 Å². The van der Waals surface area contributed by atoms with Gasteiger partial charge in [0.2, 0.25) is 0 Å².